The number of carbonyl (C=O) groups is 2. The number of aromatic nitrogens is 1. The molecule has 2 amide bonds. The molecule has 12 heteroatoms. The van der Waals surface area contributed by atoms with Crippen LogP contribution in [0.15, 0.2) is 40.7 Å². The summed E-state index contributed by atoms with van der Waals surface area (Å²) < 4.78 is 21.2. The molecule has 2 aliphatic rings. The SMILES string of the molecule is CC(C)(C)C[C@@H](O)C(=O)N1CCNCC1.Nc1nccs1.O=C1CCCN1c1ccc(S(=O)[O-])cc1.[HH].[HH].[HH].[HH]. The van der Waals surface area contributed by atoms with Gasteiger partial charge in [-0.2, -0.15) is 0 Å². The highest BCUT2D eigenvalue weighted by Crippen LogP contribution is 2.23. The van der Waals surface area contributed by atoms with Crippen LogP contribution in [0.3, 0.4) is 0 Å². The lowest BCUT2D eigenvalue weighted by Crippen LogP contribution is -2.50. The topological polar surface area (TPSA) is 152 Å². The van der Waals surface area contributed by atoms with Crippen LogP contribution >= 0.6 is 11.3 Å². The van der Waals surface area contributed by atoms with Crippen LogP contribution in [0.1, 0.15) is 45.7 Å². The van der Waals surface area contributed by atoms with Crippen LogP contribution in [-0.4, -0.2) is 74.4 Å². The number of thiazole rings is 1. The summed E-state index contributed by atoms with van der Waals surface area (Å²) in [5, 5.41) is 15.5. The summed E-state index contributed by atoms with van der Waals surface area (Å²) in [6, 6.07) is 6.33. The third-order valence-corrected chi connectivity index (χ3v) is 6.65. The first kappa shape index (κ1) is 29.8. The Balaban J connectivity index is -0.000000524. The second kappa shape index (κ2) is 14.4. The van der Waals surface area contributed by atoms with E-state index >= 15 is 0 Å². The van der Waals surface area contributed by atoms with E-state index in [0.29, 0.717) is 31.1 Å². The number of benzene rings is 1. The first-order valence-corrected chi connectivity index (χ1v) is 13.8. The van der Waals surface area contributed by atoms with Crippen LogP contribution < -0.4 is 16.0 Å². The molecule has 0 bridgehead atoms. The Kier molecular flexibility index (Phi) is 11.9. The number of hydrogen-bond donors (Lipinski definition) is 3. The number of hydrogen-bond acceptors (Lipinski definition) is 9. The first-order chi connectivity index (χ1) is 17.0. The van der Waals surface area contributed by atoms with E-state index in [-0.39, 0.29) is 27.8 Å². The molecule has 0 aliphatic carbocycles. The van der Waals surface area contributed by atoms with Crippen molar-refractivity contribution < 1.29 is 29.2 Å². The molecule has 36 heavy (non-hydrogen) atoms. The number of nitrogens with zero attached hydrogens (tertiary/aromatic N) is 3. The molecule has 4 N–H and O–H groups in total. The van der Waals surface area contributed by atoms with Gasteiger partial charge in [0, 0.05) is 67.0 Å². The van der Waals surface area contributed by atoms with Crippen LogP contribution in [0.25, 0.3) is 0 Å². The van der Waals surface area contributed by atoms with E-state index in [4.69, 9.17) is 5.73 Å². The van der Waals surface area contributed by atoms with Crippen molar-refractivity contribution in [1.82, 2.24) is 15.2 Å². The number of aliphatic hydroxyl groups excluding tert-OH is 1. The summed E-state index contributed by atoms with van der Waals surface area (Å²) in [7, 11) is 0. The van der Waals surface area contributed by atoms with E-state index in [1.165, 1.54) is 23.5 Å². The maximum atomic E-state index is 11.8. The summed E-state index contributed by atoms with van der Waals surface area (Å²) in [5.74, 6) is -0.0163. The molecule has 0 saturated carbocycles. The number of anilines is 2. The average molecular weight is 547 g/mol. The number of piperazine rings is 1. The lowest BCUT2D eigenvalue weighted by molar-refractivity contribution is -0.142. The van der Waals surface area contributed by atoms with Gasteiger partial charge in [0.05, 0.1) is 0 Å². The van der Waals surface area contributed by atoms with E-state index in [9.17, 15) is 23.5 Å². The minimum atomic E-state index is -2.20. The number of nitrogens with one attached hydrogen (secondary N) is 1. The molecular formula is C24H44N5O5S2-. The molecule has 4 rings (SSSR count). The molecule has 0 spiro atoms. The van der Waals surface area contributed by atoms with Crippen molar-refractivity contribution in [1.29, 1.82) is 0 Å². The third-order valence-electron chi connectivity index (χ3n) is 5.39. The van der Waals surface area contributed by atoms with Crippen LogP contribution in [0.2, 0.25) is 0 Å². The van der Waals surface area contributed by atoms with Gasteiger partial charge >= 0.3 is 0 Å². The molecule has 2 saturated heterocycles. The molecule has 1 aromatic heterocycles. The van der Waals surface area contributed by atoms with Gasteiger partial charge in [-0.05, 0) is 53.6 Å². The van der Waals surface area contributed by atoms with E-state index in [2.05, 4.69) is 10.3 Å². The maximum Gasteiger partial charge on any atom is 0.251 e. The van der Waals surface area contributed by atoms with E-state index < -0.39 is 17.2 Å². The Hall–Kier alpha value is -2.38. The summed E-state index contributed by atoms with van der Waals surface area (Å²) in [6.07, 6.45) is 2.81. The van der Waals surface area contributed by atoms with E-state index in [1.807, 2.05) is 26.2 Å². The smallest absolute Gasteiger partial charge is 0.251 e. The van der Waals surface area contributed by atoms with Crippen molar-refractivity contribution in [2.24, 2.45) is 5.41 Å². The molecule has 2 aromatic rings. The zero-order valence-corrected chi connectivity index (χ0v) is 22.6. The van der Waals surface area contributed by atoms with Gasteiger partial charge < -0.3 is 30.5 Å². The van der Waals surface area contributed by atoms with Crippen LogP contribution in [0.4, 0.5) is 10.8 Å². The molecule has 2 atom stereocenters. The van der Waals surface area contributed by atoms with Crippen LogP contribution in [-0.2, 0) is 20.7 Å². The van der Waals surface area contributed by atoms with Crippen LogP contribution in [0, 0.1) is 5.41 Å². The minimum Gasteiger partial charge on any atom is -0.768 e. The molecule has 208 valence electrons. The number of carbonyl (C=O) groups excluding carboxylic acids is 2. The second-order valence-corrected chi connectivity index (χ2v) is 11.5. The van der Waals surface area contributed by atoms with Crippen molar-refractivity contribution in [2.45, 2.75) is 51.0 Å². The van der Waals surface area contributed by atoms with E-state index in [1.54, 1.807) is 28.1 Å². The fourth-order valence-electron chi connectivity index (χ4n) is 3.66. The fraction of sp³-hybridized carbons (Fsp3) is 0.542. The Morgan fingerprint density at radius 1 is 1.28 bits per heavy atom. The normalized spacial score (nSPS) is 17.4. The highest BCUT2D eigenvalue weighted by atomic mass is 32.2. The molecule has 10 nitrogen and oxygen atoms in total. The zero-order valence-electron chi connectivity index (χ0n) is 21.0. The minimum absolute atomic E-state index is 0. The lowest BCUT2D eigenvalue weighted by Gasteiger charge is -2.31. The third kappa shape index (κ3) is 10.3. The van der Waals surface area contributed by atoms with Crippen molar-refractivity contribution in [3.8, 4) is 0 Å². The standard InChI is InChI=1S/C11H22N2O2.C10H11NO3S.C3H4N2S.4H2/c1-11(2,3)8-9(14)10(15)13-6-4-12-5-7-13;12-10-2-1-7-11(10)8-3-5-9(6-4-8)15(13)14;4-3-5-1-2-6-3;;;;/h9,12,14H,4-8H2,1-3H3;3-6H,1-2,7H2,(H,13,14);1-2H,(H2,4,5);4*1H/p-1/t9-;;;;;;/m1....../s1. The Bertz CT molecular complexity index is 993. The largest absolute Gasteiger partial charge is 0.768 e. The van der Waals surface area contributed by atoms with Crippen molar-refractivity contribution >= 4 is 45.1 Å². The second-order valence-electron chi connectivity index (χ2n) is 9.60. The fourth-order valence-corrected chi connectivity index (χ4v) is 4.40. The van der Waals surface area contributed by atoms with Gasteiger partial charge in [-0.3, -0.25) is 13.8 Å². The number of rotatable bonds is 4. The first-order valence-electron chi connectivity index (χ1n) is 11.8. The zero-order chi connectivity index (χ0) is 26.7. The molecule has 1 aromatic carbocycles. The molecule has 1 unspecified atom stereocenters. The summed E-state index contributed by atoms with van der Waals surface area (Å²) in [5.41, 5.74) is 5.94. The van der Waals surface area contributed by atoms with Crippen LogP contribution in [0.5, 0.6) is 0 Å². The Morgan fingerprint density at radius 2 is 1.92 bits per heavy atom. The number of aliphatic hydroxyl groups is 1. The molecule has 3 heterocycles. The molecule has 2 fully saturated rings. The summed E-state index contributed by atoms with van der Waals surface area (Å²) >= 11 is -0.756. The number of nitrogens with two attached hydrogens (primary N) is 1. The number of nitrogen functional groups attached to an aromatic ring is 1. The highest BCUT2D eigenvalue weighted by Gasteiger charge is 2.27. The van der Waals surface area contributed by atoms with Crippen molar-refractivity contribution in [2.75, 3.05) is 43.4 Å². The van der Waals surface area contributed by atoms with E-state index in [0.717, 1.165) is 31.7 Å². The van der Waals surface area contributed by atoms with Gasteiger partial charge in [0.25, 0.3) is 5.91 Å². The summed E-state index contributed by atoms with van der Waals surface area (Å²) in [4.78, 5) is 30.6. The predicted molar refractivity (Wildman–Crippen MR) is 150 cm³/mol. The number of amides is 2. The molecule has 0 radical (unpaired) electrons. The van der Waals surface area contributed by atoms with Gasteiger partial charge in [-0.1, -0.05) is 20.8 Å². The Morgan fingerprint density at radius 3 is 2.33 bits per heavy atom. The van der Waals surface area contributed by atoms with Crippen molar-refractivity contribution in [3.63, 3.8) is 0 Å². The van der Waals surface area contributed by atoms with Gasteiger partial charge in [0.15, 0.2) is 5.13 Å². The van der Waals surface area contributed by atoms with Gasteiger partial charge in [-0.25, -0.2) is 4.98 Å². The molecular weight excluding hydrogens is 502 g/mol. The van der Waals surface area contributed by atoms with Gasteiger partial charge in [0.1, 0.15) is 6.10 Å². The monoisotopic (exact) mass is 546 g/mol. The molecule has 2 aliphatic heterocycles. The Labute approximate surface area is 225 Å². The average Bonchev–Trinajstić information content (AvgIpc) is 3.49. The predicted octanol–water partition coefficient (Wildman–Crippen LogP) is 2.98. The maximum absolute atomic E-state index is 11.8. The van der Waals surface area contributed by atoms with Gasteiger partial charge in [0.2, 0.25) is 5.91 Å². The quantitative estimate of drug-likeness (QED) is 0.495. The summed E-state index contributed by atoms with van der Waals surface area (Å²) in [6.45, 7) is 9.88. The van der Waals surface area contributed by atoms with Gasteiger partial charge in [-0.15, -0.1) is 11.3 Å². The van der Waals surface area contributed by atoms with Crippen molar-refractivity contribution in [3.05, 3.63) is 35.8 Å². The lowest BCUT2D eigenvalue weighted by atomic mass is 9.89. The highest BCUT2D eigenvalue weighted by molar-refractivity contribution is 7.79.